The second-order valence-electron chi connectivity index (χ2n) is 5.05. The molecule has 0 spiro atoms. The molecule has 1 atom stereocenters. The van der Waals surface area contributed by atoms with Gasteiger partial charge in [-0.2, -0.15) is 5.10 Å². The van der Waals surface area contributed by atoms with E-state index in [-0.39, 0.29) is 5.03 Å². The van der Waals surface area contributed by atoms with Crippen LogP contribution in [-0.2, 0) is 30.0 Å². The van der Waals surface area contributed by atoms with Crippen molar-refractivity contribution in [2.45, 2.75) is 24.4 Å². The van der Waals surface area contributed by atoms with Gasteiger partial charge in [0.05, 0.1) is 6.20 Å². The molecule has 0 saturated heterocycles. The number of nitrogens with zero attached hydrogens (tertiary/aromatic N) is 4. The van der Waals surface area contributed by atoms with Gasteiger partial charge < -0.3 is 4.57 Å². The van der Waals surface area contributed by atoms with Crippen LogP contribution in [0.1, 0.15) is 12.2 Å². The molecule has 2 aromatic heterocycles. The van der Waals surface area contributed by atoms with Crippen LogP contribution in [0.3, 0.4) is 0 Å². The maximum atomic E-state index is 12.2. The maximum Gasteiger partial charge on any atom is 0.257 e. The smallest absolute Gasteiger partial charge is 0.257 e. The zero-order valence-corrected chi connectivity index (χ0v) is 12.0. The van der Waals surface area contributed by atoms with Crippen molar-refractivity contribution in [2.75, 3.05) is 6.54 Å². The van der Waals surface area contributed by atoms with Gasteiger partial charge in [0.15, 0.2) is 5.03 Å². The van der Waals surface area contributed by atoms with E-state index in [2.05, 4.69) is 19.4 Å². The standard InChI is InChI=1S/C12H17N5O2S/c1-16-12(4-5-14-16)20(18,19)15-8-10-2-3-11-13-6-7-17(11)9-10/h4-7,10,15H,2-3,8-9H2,1H3/t10-/m0/s1. The number of aromatic nitrogens is 4. The van der Waals surface area contributed by atoms with E-state index in [1.54, 1.807) is 13.2 Å². The molecule has 0 unspecified atom stereocenters. The molecule has 20 heavy (non-hydrogen) atoms. The number of hydrogen-bond donors (Lipinski definition) is 1. The average molecular weight is 295 g/mol. The second kappa shape index (κ2) is 5.02. The van der Waals surface area contributed by atoms with Crippen molar-refractivity contribution < 1.29 is 8.42 Å². The molecule has 3 rings (SSSR count). The van der Waals surface area contributed by atoms with Crippen LogP contribution in [0, 0.1) is 5.92 Å². The first-order valence-electron chi connectivity index (χ1n) is 6.54. The van der Waals surface area contributed by atoms with Crippen LogP contribution in [0.25, 0.3) is 0 Å². The van der Waals surface area contributed by atoms with E-state index in [0.717, 1.165) is 25.2 Å². The maximum absolute atomic E-state index is 12.2. The fourth-order valence-electron chi connectivity index (χ4n) is 2.53. The largest absolute Gasteiger partial charge is 0.335 e. The Morgan fingerprint density at radius 3 is 3.05 bits per heavy atom. The van der Waals surface area contributed by atoms with Gasteiger partial charge in [-0.15, -0.1) is 0 Å². The Morgan fingerprint density at radius 2 is 2.30 bits per heavy atom. The number of imidazole rings is 1. The Hall–Kier alpha value is -1.67. The summed E-state index contributed by atoms with van der Waals surface area (Å²) in [5.74, 6) is 1.37. The summed E-state index contributed by atoms with van der Waals surface area (Å²) in [7, 11) is -1.87. The van der Waals surface area contributed by atoms with Crippen molar-refractivity contribution in [3.63, 3.8) is 0 Å². The van der Waals surface area contributed by atoms with Gasteiger partial charge in [0.25, 0.3) is 10.0 Å². The molecule has 7 nitrogen and oxygen atoms in total. The number of fused-ring (bicyclic) bond motifs is 1. The van der Waals surface area contributed by atoms with Crippen LogP contribution in [-0.4, -0.2) is 34.3 Å². The average Bonchev–Trinajstić information content (AvgIpc) is 3.04. The van der Waals surface area contributed by atoms with Gasteiger partial charge in [0.1, 0.15) is 5.82 Å². The van der Waals surface area contributed by atoms with Crippen molar-refractivity contribution in [1.82, 2.24) is 24.1 Å². The van der Waals surface area contributed by atoms with Gasteiger partial charge in [0.2, 0.25) is 0 Å². The lowest BCUT2D eigenvalue weighted by atomic mass is 10.00. The summed E-state index contributed by atoms with van der Waals surface area (Å²) in [6.45, 7) is 1.24. The van der Waals surface area contributed by atoms with E-state index < -0.39 is 10.0 Å². The normalized spacial score (nSPS) is 18.9. The van der Waals surface area contributed by atoms with Crippen LogP contribution in [0.2, 0.25) is 0 Å². The molecular formula is C12H17N5O2S. The molecular weight excluding hydrogens is 278 g/mol. The van der Waals surface area contributed by atoms with E-state index in [1.165, 1.54) is 16.9 Å². The lowest BCUT2D eigenvalue weighted by Crippen LogP contribution is -2.34. The van der Waals surface area contributed by atoms with Crippen molar-refractivity contribution in [3.05, 3.63) is 30.5 Å². The number of aryl methyl sites for hydroxylation is 2. The highest BCUT2D eigenvalue weighted by Crippen LogP contribution is 2.18. The van der Waals surface area contributed by atoms with Gasteiger partial charge in [-0.3, -0.25) is 4.68 Å². The first kappa shape index (κ1) is 13.3. The summed E-state index contributed by atoms with van der Waals surface area (Å²) in [5, 5.41) is 4.08. The minimum Gasteiger partial charge on any atom is -0.335 e. The van der Waals surface area contributed by atoms with Gasteiger partial charge in [0, 0.05) is 39.0 Å². The molecule has 0 fully saturated rings. The lowest BCUT2D eigenvalue weighted by molar-refractivity contribution is 0.363. The molecule has 0 radical (unpaired) electrons. The molecule has 8 heteroatoms. The Balaban J connectivity index is 1.65. The Kier molecular flexibility index (Phi) is 3.35. The van der Waals surface area contributed by atoms with Gasteiger partial charge in [-0.05, 0) is 18.4 Å². The predicted octanol–water partition coefficient (Wildman–Crippen LogP) is 0.157. The van der Waals surface area contributed by atoms with E-state index in [4.69, 9.17) is 0 Å². The monoisotopic (exact) mass is 295 g/mol. The molecule has 1 N–H and O–H groups in total. The van der Waals surface area contributed by atoms with Gasteiger partial charge in [-0.1, -0.05) is 0 Å². The fraction of sp³-hybridized carbons (Fsp3) is 0.500. The van der Waals surface area contributed by atoms with Crippen LogP contribution in [0.15, 0.2) is 29.7 Å². The van der Waals surface area contributed by atoms with E-state index in [0.29, 0.717) is 12.5 Å². The van der Waals surface area contributed by atoms with Crippen molar-refractivity contribution >= 4 is 10.0 Å². The third-order valence-corrected chi connectivity index (χ3v) is 5.14. The summed E-state index contributed by atoms with van der Waals surface area (Å²) in [4.78, 5) is 4.27. The molecule has 0 amide bonds. The first-order chi connectivity index (χ1) is 9.56. The van der Waals surface area contributed by atoms with Gasteiger partial charge >= 0.3 is 0 Å². The molecule has 2 aromatic rings. The SMILES string of the molecule is Cn1nccc1S(=O)(=O)NC[C@@H]1CCc2nccn2C1. The third-order valence-electron chi connectivity index (χ3n) is 3.65. The fourth-order valence-corrected chi connectivity index (χ4v) is 3.77. The van der Waals surface area contributed by atoms with E-state index in [1.807, 2.05) is 6.20 Å². The van der Waals surface area contributed by atoms with Crippen LogP contribution in [0.4, 0.5) is 0 Å². The minimum atomic E-state index is -3.49. The Morgan fingerprint density at radius 1 is 1.45 bits per heavy atom. The van der Waals surface area contributed by atoms with Crippen LogP contribution >= 0.6 is 0 Å². The highest BCUT2D eigenvalue weighted by Gasteiger charge is 2.23. The molecule has 3 heterocycles. The molecule has 1 aliphatic heterocycles. The van der Waals surface area contributed by atoms with E-state index in [9.17, 15) is 8.42 Å². The summed E-state index contributed by atoms with van der Waals surface area (Å²) in [6.07, 6.45) is 7.05. The summed E-state index contributed by atoms with van der Waals surface area (Å²) < 4.78 is 30.4. The molecule has 108 valence electrons. The number of hydrogen-bond acceptors (Lipinski definition) is 4. The van der Waals surface area contributed by atoms with Crippen LogP contribution in [0.5, 0.6) is 0 Å². The van der Waals surface area contributed by atoms with Gasteiger partial charge in [-0.25, -0.2) is 18.1 Å². The molecule has 1 aliphatic rings. The molecule has 0 bridgehead atoms. The van der Waals surface area contributed by atoms with Crippen molar-refractivity contribution in [3.8, 4) is 0 Å². The third kappa shape index (κ3) is 2.48. The highest BCUT2D eigenvalue weighted by molar-refractivity contribution is 7.89. The summed E-state index contributed by atoms with van der Waals surface area (Å²) in [6, 6.07) is 1.50. The van der Waals surface area contributed by atoms with Crippen molar-refractivity contribution in [2.24, 2.45) is 13.0 Å². The zero-order chi connectivity index (χ0) is 14.2. The topological polar surface area (TPSA) is 81.8 Å². The van der Waals surface area contributed by atoms with E-state index >= 15 is 0 Å². The number of rotatable bonds is 4. The molecule has 0 aliphatic carbocycles. The number of nitrogens with one attached hydrogen (secondary N) is 1. The molecule has 0 aromatic carbocycles. The Labute approximate surface area is 117 Å². The highest BCUT2D eigenvalue weighted by atomic mass is 32.2. The lowest BCUT2D eigenvalue weighted by Gasteiger charge is -2.23. The number of sulfonamides is 1. The summed E-state index contributed by atoms with van der Waals surface area (Å²) in [5.41, 5.74) is 0. The zero-order valence-electron chi connectivity index (χ0n) is 11.2. The summed E-state index contributed by atoms with van der Waals surface area (Å²) >= 11 is 0. The predicted molar refractivity (Wildman–Crippen MR) is 72.4 cm³/mol. The van der Waals surface area contributed by atoms with Crippen LogP contribution < -0.4 is 4.72 Å². The minimum absolute atomic E-state index is 0.191. The first-order valence-corrected chi connectivity index (χ1v) is 8.02. The second-order valence-corrected chi connectivity index (χ2v) is 6.76. The Bertz CT molecular complexity index is 703. The van der Waals surface area contributed by atoms with Crippen molar-refractivity contribution in [1.29, 1.82) is 0 Å². The molecule has 0 saturated carbocycles. The quantitative estimate of drug-likeness (QED) is 0.871.